The summed E-state index contributed by atoms with van der Waals surface area (Å²) >= 11 is 0. The predicted octanol–water partition coefficient (Wildman–Crippen LogP) is 3.33. The summed E-state index contributed by atoms with van der Waals surface area (Å²) < 4.78 is 21.3. The van der Waals surface area contributed by atoms with Crippen LogP contribution in [0.4, 0.5) is 5.69 Å². The van der Waals surface area contributed by atoms with E-state index in [1.165, 1.54) is 12.0 Å². The molecule has 8 nitrogen and oxygen atoms in total. The Labute approximate surface area is 187 Å². The highest BCUT2D eigenvalue weighted by molar-refractivity contribution is 6.36. The van der Waals surface area contributed by atoms with Crippen LogP contribution in [0.2, 0.25) is 0 Å². The average Bonchev–Trinajstić information content (AvgIpc) is 3.06. The number of carbonyl (C=O) groups is 2. The number of nitrogens with one attached hydrogen (secondary N) is 1. The van der Waals surface area contributed by atoms with Crippen LogP contribution in [0.15, 0.2) is 48.2 Å². The fourth-order valence-corrected chi connectivity index (χ4v) is 3.43. The minimum atomic E-state index is -0.393. The maximum Gasteiger partial charge on any atom is 0.278 e. The molecular weight excluding hydrogens is 412 g/mol. The summed E-state index contributed by atoms with van der Waals surface area (Å²) in [5.74, 6) is 1.01. The van der Waals surface area contributed by atoms with E-state index in [9.17, 15) is 9.59 Å². The number of amides is 2. The van der Waals surface area contributed by atoms with Gasteiger partial charge in [-0.3, -0.25) is 14.5 Å². The number of hydrogen-bond acceptors (Lipinski definition) is 7. The van der Waals surface area contributed by atoms with Crippen LogP contribution in [0.25, 0.3) is 5.57 Å². The number of carbonyl (C=O) groups excluding carboxylic acids is 2. The lowest BCUT2D eigenvalue weighted by Crippen LogP contribution is -2.34. The standard InChI is InChI=1S/C24H28N2O6/c1-5-32-14-6-13-26-23(27)21(16-7-9-17(29-2)10-8-16)22(24(26)28)25-19-12-11-18(30-3)15-20(19)31-4/h7-12,15,25H,5-6,13-14H2,1-4H3. The van der Waals surface area contributed by atoms with Gasteiger partial charge in [0.2, 0.25) is 0 Å². The SMILES string of the molecule is CCOCCCN1C(=O)C(Nc2ccc(OC)cc2OC)=C(c2ccc(OC)cc2)C1=O. The van der Waals surface area contributed by atoms with Crippen LogP contribution in [0.1, 0.15) is 18.9 Å². The molecule has 1 aliphatic rings. The van der Waals surface area contributed by atoms with Gasteiger partial charge < -0.3 is 24.3 Å². The van der Waals surface area contributed by atoms with Gasteiger partial charge in [-0.15, -0.1) is 0 Å². The molecule has 0 saturated heterocycles. The van der Waals surface area contributed by atoms with E-state index in [-0.39, 0.29) is 18.1 Å². The maximum absolute atomic E-state index is 13.3. The number of hydrogen-bond donors (Lipinski definition) is 1. The highest BCUT2D eigenvalue weighted by atomic mass is 16.5. The van der Waals surface area contributed by atoms with E-state index in [0.29, 0.717) is 53.7 Å². The van der Waals surface area contributed by atoms with Crippen molar-refractivity contribution in [3.05, 3.63) is 53.7 Å². The van der Waals surface area contributed by atoms with Crippen LogP contribution in [0.5, 0.6) is 17.2 Å². The lowest BCUT2D eigenvalue weighted by atomic mass is 10.0. The minimum Gasteiger partial charge on any atom is -0.497 e. The number of methoxy groups -OCH3 is 3. The van der Waals surface area contributed by atoms with Crippen molar-refractivity contribution in [3.8, 4) is 17.2 Å². The van der Waals surface area contributed by atoms with Gasteiger partial charge in [0.05, 0.1) is 32.6 Å². The first-order chi connectivity index (χ1) is 15.5. The van der Waals surface area contributed by atoms with Gasteiger partial charge in [-0.1, -0.05) is 12.1 Å². The second-order valence-electron chi connectivity index (χ2n) is 6.98. The Bertz CT molecular complexity index is 1000. The van der Waals surface area contributed by atoms with Crippen molar-refractivity contribution in [3.63, 3.8) is 0 Å². The lowest BCUT2D eigenvalue weighted by Gasteiger charge is -2.16. The second kappa shape index (κ2) is 10.7. The van der Waals surface area contributed by atoms with Gasteiger partial charge in [0.15, 0.2) is 0 Å². The van der Waals surface area contributed by atoms with Gasteiger partial charge in [-0.05, 0) is 43.2 Å². The third kappa shape index (κ3) is 4.86. The molecule has 1 N–H and O–H groups in total. The van der Waals surface area contributed by atoms with E-state index in [4.69, 9.17) is 18.9 Å². The number of benzene rings is 2. The lowest BCUT2D eigenvalue weighted by molar-refractivity contribution is -0.137. The molecule has 0 atom stereocenters. The van der Waals surface area contributed by atoms with E-state index in [0.717, 1.165) is 0 Å². The van der Waals surface area contributed by atoms with Crippen LogP contribution in [0, 0.1) is 0 Å². The molecule has 2 aromatic carbocycles. The summed E-state index contributed by atoms with van der Waals surface area (Å²) in [4.78, 5) is 27.8. The van der Waals surface area contributed by atoms with Crippen LogP contribution in [0.3, 0.4) is 0 Å². The highest BCUT2D eigenvalue weighted by Gasteiger charge is 2.39. The van der Waals surface area contributed by atoms with E-state index >= 15 is 0 Å². The molecule has 32 heavy (non-hydrogen) atoms. The van der Waals surface area contributed by atoms with Crippen LogP contribution < -0.4 is 19.5 Å². The first kappa shape index (κ1) is 23.1. The monoisotopic (exact) mass is 440 g/mol. The zero-order chi connectivity index (χ0) is 23.1. The molecule has 3 rings (SSSR count). The molecule has 0 unspecified atom stereocenters. The molecule has 8 heteroatoms. The highest BCUT2D eigenvalue weighted by Crippen LogP contribution is 2.35. The normalized spacial score (nSPS) is 13.6. The molecule has 1 heterocycles. The molecule has 0 aliphatic carbocycles. The van der Waals surface area contributed by atoms with Crippen molar-refractivity contribution >= 4 is 23.1 Å². The van der Waals surface area contributed by atoms with Crippen LogP contribution >= 0.6 is 0 Å². The minimum absolute atomic E-state index is 0.194. The summed E-state index contributed by atoms with van der Waals surface area (Å²) in [6.07, 6.45) is 0.556. The summed E-state index contributed by atoms with van der Waals surface area (Å²) in [6.45, 7) is 3.23. The zero-order valence-corrected chi connectivity index (χ0v) is 18.8. The number of anilines is 1. The quantitative estimate of drug-likeness (QED) is 0.424. The van der Waals surface area contributed by atoms with Crippen molar-refractivity contribution in [1.29, 1.82) is 0 Å². The average molecular weight is 440 g/mol. The van der Waals surface area contributed by atoms with Crippen molar-refractivity contribution < 1.29 is 28.5 Å². The van der Waals surface area contributed by atoms with Crippen LogP contribution in [-0.4, -0.2) is 57.8 Å². The van der Waals surface area contributed by atoms with Gasteiger partial charge in [0, 0.05) is 25.8 Å². The van der Waals surface area contributed by atoms with E-state index in [1.54, 1.807) is 56.7 Å². The first-order valence-electron chi connectivity index (χ1n) is 10.4. The maximum atomic E-state index is 13.3. The Morgan fingerprint density at radius 3 is 2.19 bits per heavy atom. The molecule has 0 bridgehead atoms. The van der Waals surface area contributed by atoms with E-state index in [1.807, 2.05) is 6.92 Å². The Morgan fingerprint density at radius 2 is 1.56 bits per heavy atom. The Hall–Kier alpha value is -3.52. The number of ether oxygens (including phenoxy) is 4. The van der Waals surface area contributed by atoms with E-state index < -0.39 is 5.91 Å². The molecule has 1 aliphatic heterocycles. The molecule has 2 aromatic rings. The van der Waals surface area contributed by atoms with Crippen molar-refractivity contribution in [2.24, 2.45) is 0 Å². The van der Waals surface area contributed by atoms with Crippen molar-refractivity contribution in [2.45, 2.75) is 13.3 Å². The molecule has 0 saturated carbocycles. The summed E-state index contributed by atoms with van der Waals surface area (Å²) in [6, 6.07) is 12.2. The molecule has 170 valence electrons. The largest absolute Gasteiger partial charge is 0.497 e. The third-order valence-electron chi connectivity index (χ3n) is 5.09. The van der Waals surface area contributed by atoms with Crippen molar-refractivity contribution in [1.82, 2.24) is 4.90 Å². The molecule has 2 amide bonds. The molecule has 0 radical (unpaired) electrons. The van der Waals surface area contributed by atoms with Crippen LogP contribution in [-0.2, 0) is 14.3 Å². The number of nitrogens with zero attached hydrogens (tertiary/aromatic N) is 1. The van der Waals surface area contributed by atoms with Gasteiger partial charge in [-0.2, -0.15) is 0 Å². The summed E-state index contributed by atoms with van der Waals surface area (Å²) in [5, 5.41) is 3.13. The molecular formula is C24H28N2O6. The molecule has 0 aromatic heterocycles. The predicted molar refractivity (Wildman–Crippen MR) is 121 cm³/mol. The molecule has 0 fully saturated rings. The first-order valence-corrected chi connectivity index (χ1v) is 10.4. The smallest absolute Gasteiger partial charge is 0.278 e. The fourth-order valence-electron chi connectivity index (χ4n) is 3.43. The second-order valence-corrected chi connectivity index (χ2v) is 6.98. The Kier molecular flexibility index (Phi) is 7.72. The Balaban J connectivity index is 1.98. The van der Waals surface area contributed by atoms with Gasteiger partial charge in [-0.25, -0.2) is 0 Å². The third-order valence-corrected chi connectivity index (χ3v) is 5.09. The summed E-state index contributed by atoms with van der Waals surface area (Å²) in [7, 11) is 4.66. The van der Waals surface area contributed by atoms with Gasteiger partial charge in [0.1, 0.15) is 22.9 Å². The Morgan fingerprint density at radius 1 is 0.875 bits per heavy atom. The van der Waals surface area contributed by atoms with Crippen molar-refractivity contribution in [2.75, 3.05) is 46.4 Å². The topological polar surface area (TPSA) is 86.3 Å². The van der Waals surface area contributed by atoms with Gasteiger partial charge >= 0.3 is 0 Å². The van der Waals surface area contributed by atoms with Gasteiger partial charge in [0.25, 0.3) is 11.8 Å². The number of rotatable bonds is 11. The zero-order valence-electron chi connectivity index (χ0n) is 18.8. The summed E-state index contributed by atoms with van der Waals surface area (Å²) in [5.41, 5.74) is 1.66. The fraction of sp³-hybridized carbons (Fsp3) is 0.333. The van der Waals surface area contributed by atoms with E-state index in [2.05, 4.69) is 5.32 Å². The molecule has 0 spiro atoms. The number of imide groups is 1.